The van der Waals surface area contributed by atoms with Gasteiger partial charge in [-0.15, -0.1) is 0 Å². The van der Waals surface area contributed by atoms with Crippen molar-refractivity contribution in [3.63, 3.8) is 0 Å². The van der Waals surface area contributed by atoms with Gasteiger partial charge in [0.2, 0.25) is 0 Å². The molecule has 1 aliphatic heterocycles. The third-order valence-electron chi connectivity index (χ3n) is 3.24. The van der Waals surface area contributed by atoms with Crippen molar-refractivity contribution in [1.82, 2.24) is 5.32 Å². The van der Waals surface area contributed by atoms with Crippen LogP contribution in [0.5, 0.6) is 5.75 Å². The molecule has 2 rings (SSSR count). The fraction of sp³-hybridized carbons (Fsp3) is 0.538. The molecule has 0 saturated carbocycles. The third-order valence-corrected chi connectivity index (χ3v) is 3.70. The van der Waals surface area contributed by atoms with Crippen molar-refractivity contribution in [2.24, 2.45) is 0 Å². The van der Waals surface area contributed by atoms with E-state index in [0.29, 0.717) is 6.04 Å². The Bertz CT molecular complexity index is 384. The lowest BCUT2D eigenvalue weighted by molar-refractivity contribution is 0.413. The van der Waals surface area contributed by atoms with Crippen LogP contribution in [0.25, 0.3) is 0 Å². The van der Waals surface area contributed by atoms with E-state index in [2.05, 4.69) is 45.2 Å². The largest absolute Gasteiger partial charge is 0.497 e. The molecule has 1 N–H and O–H groups in total. The molecular formula is C13H19BrN2O. The molecule has 1 atom stereocenters. The van der Waals surface area contributed by atoms with E-state index in [1.807, 2.05) is 6.07 Å². The normalized spacial score (nSPS) is 20.4. The summed E-state index contributed by atoms with van der Waals surface area (Å²) in [5, 5.41) is 3.44. The molecular weight excluding hydrogens is 280 g/mol. The van der Waals surface area contributed by atoms with Crippen LogP contribution in [0.3, 0.4) is 0 Å². The zero-order valence-electron chi connectivity index (χ0n) is 10.4. The fourth-order valence-corrected chi connectivity index (χ4v) is 2.76. The topological polar surface area (TPSA) is 24.5 Å². The molecule has 1 aromatic carbocycles. The number of hydrogen-bond donors (Lipinski definition) is 1. The fourth-order valence-electron chi connectivity index (χ4n) is 2.30. The van der Waals surface area contributed by atoms with E-state index in [1.165, 1.54) is 5.69 Å². The van der Waals surface area contributed by atoms with Crippen molar-refractivity contribution >= 4 is 21.6 Å². The molecule has 4 heteroatoms. The maximum absolute atomic E-state index is 5.32. The summed E-state index contributed by atoms with van der Waals surface area (Å²) in [7, 11) is 1.71. The number of methoxy groups -OCH3 is 1. The van der Waals surface area contributed by atoms with Crippen molar-refractivity contribution in [3.05, 3.63) is 22.7 Å². The lowest BCUT2D eigenvalue weighted by Crippen LogP contribution is -2.51. The molecule has 1 heterocycles. The predicted octanol–water partition coefficient (Wildman–Crippen LogP) is 2.65. The Morgan fingerprint density at radius 2 is 2.29 bits per heavy atom. The number of halogens is 1. The maximum Gasteiger partial charge on any atom is 0.122 e. The van der Waals surface area contributed by atoms with Crippen LogP contribution in [0, 0.1) is 0 Å². The van der Waals surface area contributed by atoms with Crippen LogP contribution in [0.4, 0.5) is 5.69 Å². The molecule has 1 fully saturated rings. The number of benzene rings is 1. The van der Waals surface area contributed by atoms with Crippen molar-refractivity contribution in [2.75, 3.05) is 31.6 Å². The number of piperazine rings is 1. The Labute approximate surface area is 111 Å². The average Bonchev–Trinajstić information content (AvgIpc) is 2.37. The van der Waals surface area contributed by atoms with Gasteiger partial charge in [-0.2, -0.15) is 0 Å². The first-order chi connectivity index (χ1) is 8.24. The summed E-state index contributed by atoms with van der Waals surface area (Å²) in [4.78, 5) is 2.46. The predicted molar refractivity (Wildman–Crippen MR) is 75.0 cm³/mol. The molecule has 0 bridgehead atoms. The summed E-state index contributed by atoms with van der Waals surface area (Å²) >= 11 is 3.54. The van der Waals surface area contributed by atoms with Gasteiger partial charge in [0.1, 0.15) is 5.75 Å². The summed E-state index contributed by atoms with van der Waals surface area (Å²) < 4.78 is 6.39. The summed E-state index contributed by atoms with van der Waals surface area (Å²) in [6, 6.07) is 6.84. The van der Waals surface area contributed by atoms with Gasteiger partial charge in [-0.05, 0) is 18.6 Å². The Morgan fingerprint density at radius 3 is 3.00 bits per heavy atom. The zero-order valence-corrected chi connectivity index (χ0v) is 12.0. The summed E-state index contributed by atoms with van der Waals surface area (Å²) in [6.45, 7) is 5.40. The molecule has 3 nitrogen and oxygen atoms in total. The van der Waals surface area contributed by atoms with Crippen LogP contribution in [-0.2, 0) is 0 Å². The van der Waals surface area contributed by atoms with Crippen LogP contribution in [0.1, 0.15) is 13.3 Å². The number of ether oxygens (including phenoxy) is 1. The van der Waals surface area contributed by atoms with E-state index in [0.717, 1.165) is 36.3 Å². The number of nitrogens with zero attached hydrogens (tertiary/aromatic N) is 1. The van der Waals surface area contributed by atoms with E-state index >= 15 is 0 Å². The number of anilines is 1. The second-order valence-corrected chi connectivity index (χ2v) is 5.22. The van der Waals surface area contributed by atoms with Gasteiger partial charge in [-0.25, -0.2) is 0 Å². The van der Waals surface area contributed by atoms with E-state index in [1.54, 1.807) is 7.11 Å². The Kier molecular flexibility index (Phi) is 4.29. The molecule has 1 aromatic rings. The zero-order chi connectivity index (χ0) is 12.3. The summed E-state index contributed by atoms with van der Waals surface area (Å²) in [5.74, 6) is 0.905. The van der Waals surface area contributed by atoms with Crippen molar-refractivity contribution in [3.8, 4) is 5.75 Å². The van der Waals surface area contributed by atoms with Gasteiger partial charge in [0, 0.05) is 41.9 Å². The van der Waals surface area contributed by atoms with E-state index < -0.39 is 0 Å². The SMILES string of the molecule is CCC1CNCCN1c1cc(Br)cc(OC)c1. The lowest BCUT2D eigenvalue weighted by atomic mass is 10.1. The maximum atomic E-state index is 5.32. The highest BCUT2D eigenvalue weighted by atomic mass is 79.9. The van der Waals surface area contributed by atoms with Gasteiger partial charge in [0.15, 0.2) is 0 Å². The smallest absolute Gasteiger partial charge is 0.122 e. The van der Waals surface area contributed by atoms with Gasteiger partial charge < -0.3 is 15.0 Å². The van der Waals surface area contributed by atoms with Crippen LogP contribution in [0.15, 0.2) is 22.7 Å². The van der Waals surface area contributed by atoms with Gasteiger partial charge in [0.05, 0.1) is 7.11 Å². The molecule has 0 amide bonds. The summed E-state index contributed by atoms with van der Waals surface area (Å²) in [6.07, 6.45) is 1.15. The number of nitrogens with one attached hydrogen (secondary N) is 1. The van der Waals surface area contributed by atoms with Crippen LogP contribution in [0.2, 0.25) is 0 Å². The minimum atomic E-state index is 0.572. The van der Waals surface area contributed by atoms with E-state index in [-0.39, 0.29) is 0 Å². The van der Waals surface area contributed by atoms with Gasteiger partial charge in [0.25, 0.3) is 0 Å². The first kappa shape index (κ1) is 12.7. The minimum Gasteiger partial charge on any atom is -0.497 e. The second-order valence-electron chi connectivity index (χ2n) is 4.31. The highest BCUT2D eigenvalue weighted by molar-refractivity contribution is 9.10. The average molecular weight is 299 g/mol. The first-order valence-corrected chi connectivity index (χ1v) is 6.86. The van der Waals surface area contributed by atoms with Crippen molar-refractivity contribution in [1.29, 1.82) is 0 Å². The van der Waals surface area contributed by atoms with E-state index in [4.69, 9.17) is 4.74 Å². The molecule has 0 aromatic heterocycles. The highest BCUT2D eigenvalue weighted by Crippen LogP contribution is 2.29. The van der Waals surface area contributed by atoms with Gasteiger partial charge in [-0.3, -0.25) is 0 Å². The monoisotopic (exact) mass is 298 g/mol. The quantitative estimate of drug-likeness (QED) is 0.928. The van der Waals surface area contributed by atoms with Crippen LogP contribution >= 0.6 is 15.9 Å². The molecule has 0 spiro atoms. The molecule has 1 aliphatic rings. The van der Waals surface area contributed by atoms with Gasteiger partial charge >= 0.3 is 0 Å². The van der Waals surface area contributed by atoms with Crippen molar-refractivity contribution in [2.45, 2.75) is 19.4 Å². The molecule has 1 unspecified atom stereocenters. The summed E-state index contributed by atoms with van der Waals surface area (Å²) in [5.41, 5.74) is 1.24. The van der Waals surface area contributed by atoms with Gasteiger partial charge in [-0.1, -0.05) is 22.9 Å². The van der Waals surface area contributed by atoms with Crippen LogP contribution in [-0.4, -0.2) is 32.8 Å². The van der Waals surface area contributed by atoms with Crippen LogP contribution < -0.4 is 15.0 Å². The molecule has 94 valence electrons. The molecule has 17 heavy (non-hydrogen) atoms. The lowest BCUT2D eigenvalue weighted by Gasteiger charge is -2.37. The number of hydrogen-bond acceptors (Lipinski definition) is 3. The standard InChI is InChI=1S/C13H19BrN2O/c1-3-11-9-15-4-5-16(11)12-6-10(14)7-13(8-12)17-2/h6-8,11,15H,3-5,9H2,1-2H3. The Balaban J connectivity index is 2.27. The number of rotatable bonds is 3. The molecule has 0 radical (unpaired) electrons. The third kappa shape index (κ3) is 2.93. The minimum absolute atomic E-state index is 0.572. The van der Waals surface area contributed by atoms with Crippen molar-refractivity contribution < 1.29 is 4.74 Å². The Hall–Kier alpha value is -0.740. The first-order valence-electron chi connectivity index (χ1n) is 6.06. The molecule has 1 saturated heterocycles. The Morgan fingerprint density at radius 1 is 1.47 bits per heavy atom. The highest BCUT2D eigenvalue weighted by Gasteiger charge is 2.21. The molecule has 0 aliphatic carbocycles. The second kappa shape index (κ2) is 5.74. The van der Waals surface area contributed by atoms with E-state index in [9.17, 15) is 0 Å².